The predicted octanol–water partition coefficient (Wildman–Crippen LogP) is 3.17. The summed E-state index contributed by atoms with van der Waals surface area (Å²) in [5.41, 5.74) is 3.32. The minimum absolute atomic E-state index is 0.0352. The summed E-state index contributed by atoms with van der Waals surface area (Å²) in [5, 5.41) is 2.86. The van der Waals surface area contributed by atoms with Crippen molar-refractivity contribution in [3.05, 3.63) is 53.7 Å². The summed E-state index contributed by atoms with van der Waals surface area (Å²) in [6.45, 7) is 4.22. The highest BCUT2D eigenvalue weighted by Gasteiger charge is 2.12. The first-order chi connectivity index (χ1) is 10.7. The van der Waals surface area contributed by atoms with Gasteiger partial charge in [0.15, 0.2) is 0 Å². The van der Waals surface area contributed by atoms with Crippen LogP contribution < -0.4 is 10.2 Å². The molecule has 1 aromatic heterocycles. The van der Waals surface area contributed by atoms with Crippen LogP contribution in [0.4, 0.5) is 11.5 Å². The van der Waals surface area contributed by atoms with Gasteiger partial charge in [-0.3, -0.25) is 4.79 Å². The fraction of sp³-hybridized carbons (Fsp3) is 0.333. The van der Waals surface area contributed by atoms with Crippen LogP contribution in [0.5, 0.6) is 0 Å². The molecular weight excluding hydrogens is 274 g/mol. The molecular formula is C18H21N3O. The number of amides is 1. The third-order valence-electron chi connectivity index (χ3n) is 3.93. The Bertz CT molecular complexity index is 646. The molecule has 1 saturated heterocycles. The summed E-state index contributed by atoms with van der Waals surface area (Å²) in [6, 6.07) is 11.9. The zero-order valence-electron chi connectivity index (χ0n) is 12.9. The summed E-state index contributed by atoms with van der Waals surface area (Å²) < 4.78 is 0. The first-order valence-corrected chi connectivity index (χ1v) is 7.77. The molecule has 1 aliphatic rings. The molecule has 114 valence electrons. The summed E-state index contributed by atoms with van der Waals surface area (Å²) in [5.74, 6) is 0.577. The molecule has 1 aliphatic heterocycles. The quantitative estimate of drug-likeness (QED) is 0.942. The van der Waals surface area contributed by atoms with Crippen molar-refractivity contribution >= 4 is 17.4 Å². The van der Waals surface area contributed by atoms with Crippen LogP contribution >= 0.6 is 0 Å². The summed E-state index contributed by atoms with van der Waals surface area (Å²) in [4.78, 5) is 18.7. The second kappa shape index (κ2) is 6.60. The molecule has 4 nitrogen and oxygen atoms in total. The Hall–Kier alpha value is -2.36. The lowest BCUT2D eigenvalue weighted by atomic mass is 10.1. The van der Waals surface area contributed by atoms with E-state index < -0.39 is 0 Å². The molecule has 2 heterocycles. The standard InChI is InChI=1S/C18H21N3O/c1-14-5-4-6-15(11-14)12-18(22)20-17-8-7-16(13-19-17)21-9-2-3-10-21/h4-8,11,13H,2-3,9-10,12H2,1H3,(H,19,20,22). The van der Waals surface area contributed by atoms with Crippen molar-refractivity contribution < 1.29 is 4.79 Å². The van der Waals surface area contributed by atoms with Gasteiger partial charge in [0.05, 0.1) is 18.3 Å². The largest absolute Gasteiger partial charge is 0.370 e. The third-order valence-corrected chi connectivity index (χ3v) is 3.93. The summed E-state index contributed by atoms with van der Waals surface area (Å²) in [7, 11) is 0. The lowest BCUT2D eigenvalue weighted by Crippen LogP contribution is -2.18. The fourth-order valence-corrected chi connectivity index (χ4v) is 2.82. The number of aromatic nitrogens is 1. The number of hydrogen-bond donors (Lipinski definition) is 1. The second-order valence-corrected chi connectivity index (χ2v) is 5.81. The Morgan fingerprint density at radius 3 is 2.73 bits per heavy atom. The Morgan fingerprint density at radius 1 is 1.23 bits per heavy atom. The number of rotatable bonds is 4. The number of pyridine rings is 1. The fourth-order valence-electron chi connectivity index (χ4n) is 2.82. The van der Waals surface area contributed by atoms with Crippen molar-refractivity contribution in [1.82, 2.24) is 4.98 Å². The van der Waals surface area contributed by atoms with E-state index in [2.05, 4.69) is 15.2 Å². The highest BCUT2D eigenvalue weighted by atomic mass is 16.1. The van der Waals surface area contributed by atoms with Gasteiger partial charge in [-0.25, -0.2) is 4.98 Å². The molecule has 22 heavy (non-hydrogen) atoms. The number of carbonyl (C=O) groups is 1. The Balaban J connectivity index is 1.59. The highest BCUT2D eigenvalue weighted by molar-refractivity contribution is 5.91. The van der Waals surface area contributed by atoms with Crippen molar-refractivity contribution in [2.45, 2.75) is 26.2 Å². The van der Waals surface area contributed by atoms with Crippen LogP contribution in [0.25, 0.3) is 0 Å². The Morgan fingerprint density at radius 2 is 2.05 bits per heavy atom. The van der Waals surface area contributed by atoms with Crippen LogP contribution in [0.3, 0.4) is 0 Å². The van der Waals surface area contributed by atoms with Gasteiger partial charge in [-0.05, 0) is 37.5 Å². The Labute approximate surface area is 131 Å². The normalized spacial score (nSPS) is 14.1. The molecule has 2 aromatic rings. The molecule has 0 radical (unpaired) electrons. The van der Waals surface area contributed by atoms with Gasteiger partial charge in [0.1, 0.15) is 5.82 Å². The number of hydrogen-bond acceptors (Lipinski definition) is 3. The second-order valence-electron chi connectivity index (χ2n) is 5.81. The van der Waals surface area contributed by atoms with E-state index in [-0.39, 0.29) is 5.91 Å². The molecule has 1 amide bonds. The zero-order valence-corrected chi connectivity index (χ0v) is 12.9. The first kappa shape index (κ1) is 14.6. The predicted molar refractivity (Wildman–Crippen MR) is 89.2 cm³/mol. The molecule has 4 heteroatoms. The van der Waals surface area contributed by atoms with Crippen LogP contribution in [0.15, 0.2) is 42.6 Å². The lowest BCUT2D eigenvalue weighted by Gasteiger charge is -2.17. The monoisotopic (exact) mass is 295 g/mol. The number of benzene rings is 1. The van der Waals surface area contributed by atoms with Gasteiger partial charge in [-0.1, -0.05) is 29.8 Å². The van der Waals surface area contributed by atoms with Crippen molar-refractivity contribution in [1.29, 1.82) is 0 Å². The van der Waals surface area contributed by atoms with Gasteiger partial charge in [0, 0.05) is 13.1 Å². The zero-order chi connectivity index (χ0) is 15.4. The third kappa shape index (κ3) is 3.64. The van der Waals surface area contributed by atoms with E-state index in [0.29, 0.717) is 12.2 Å². The van der Waals surface area contributed by atoms with Crippen LogP contribution in [0.2, 0.25) is 0 Å². The van der Waals surface area contributed by atoms with E-state index >= 15 is 0 Å². The maximum absolute atomic E-state index is 12.1. The number of anilines is 2. The first-order valence-electron chi connectivity index (χ1n) is 7.77. The van der Waals surface area contributed by atoms with E-state index in [1.807, 2.05) is 49.5 Å². The molecule has 3 rings (SSSR count). The molecule has 0 aliphatic carbocycles. The lowest BCUT2D eigenvalue weighted by molar-refractivity contribution is -0.115. The molecule has 0 saturated carbocycles. The van der Waals surface area contributed by atoms with E-state index in [4.69, 9.17) is 0 Å². The summed E-state index contributed by atoms with van der Waals surface area (Å²) >= 11 is 0. The van der Waals surface area contributed by atoms with Gasteiger partial charge >= 0.3 is 0 Å². The maximum atomic E-state index is 12.1. The molecule has 0 atom stereocenters. The van der Waals surface area contributed by atoms with Crippen molar-refractivity contribution in [2.24, 2.45) is 0 Å². The smallest absolute Gasteiger partial charge is 0.229 e. The van der Waals surface area contributed by atoms with Gasteiger partial charge in [-0.15, -0.1) is 0 Å². The molecule has 1 N–H and O–H groups in total. The van der Waals surface area contributed by atoms with Crippen LogP contribution in [-0.4, -0.2) is 24.0 Å². The SMILES string of the molecule is Cc1cccc(CC(=O)Nc2ccc(N3CCCC3)cn2)c1. The molecule has 1 aromatic carbocycles. The Kier molecular flexibility index (Phi) is 4.37. The van der Waals surface area contributed by atoms with Gasteiger partial charge in [0.25, 0.3) is 0 Å². The van der Waals surface area contributed by atoms with Crippen molar-refractivity contribution in [2.75, 3.05) is 23.3 Å². The van der Waals surface area contributed by atoms with E-state index in [0.717, 1.165) is 24.3 Å². The molecule has 0 bridgehead atoms. The number of carbonyl (C=O) groups excluding carboxylic acids is 1. The molecule has 1 fully saturated rings. The highest BCUT2D eigenvalue weighted by Crippen LogP contribution is 2.20. The van der Waals surface area contributed by atoms with Crippen LogP contribution in [0.1, 0.15) is 24.0 Å². The number of nitrogens with zero attached hydrogens (tertiary/aromatic N) is 2. The van der Waals surface area contributed by atoms with Crippen LogP contribution in [0, 0.1) is 6.92 Å². The van der Waals surface area contributed by atoms with Crippen LogP contribution in [-0.2, 0) is 11.2 Å². The topological polar surface area (TPSA) is 45.2 Å². The number of aryl methyl sites for hydroxylation is 1. The maximum Gasteiger partial charge on any atom is 0.229 e. The van der Waals surface area contributed by atoms with Crippen molar-refractivity contribution in [3.63, 3.8) is 0 Å². The minimum atomic E-state index is -0.0352. The van der Waals surface area contributed by atoms with E-state index in [1.54, 1.807) is 0 Å². The van der Waals surface area contributed by atoms with Gasteiger partial charge < -0.3 is 10.2 Å². The van der Waals surface area contributed by atoms with Gasteiger partial charge in [-0.2, -0.15) is 0 Å². The average Bonchev–Trinajstić information content (AvgIpc) is 3.02. The minimum Gasteiger partial charge on any atom is -0.370 e. The average molecular weight is 295 g/mol. The number of nitrogens with one attached hydrogen (secondary N) is 1. The van der Waals surface area contributed by atoms with E-state index in [1.165, 1.54) is 18.4 Å². The molecule has 0 spiro atoms. The molecule has 0 unspecified atom stereocenters. The summed E-state index contributed by atoms with van der Waals surface area (Å²) in [6.07, 6.45) is 4.70. The van der Waals surface area contributed by atoms with Crippen molar-refractivity contribution in [3.8, 4) is 0 Å². The van der Waals surface area contributed by atoms with E-state index in [9.17, 15) is 4.79 Å². The van der Waals surface area contributed by atoms with Gasteiger partial charge in [0.2, 0.25) is 5.91 Å².